The van der Waals surface area contributed by atoms with Gasteiger partial charge in [-0.1, -0.05) is 19.1 Å². The Kier molecular flexibility index (Phi) is 9.14. The maximum Gasteiger partial charge on any atom is 0.309 e. The van der Waals surface area contributed by atoms with Crippen molar-refractivity contribution >= 4 is 11.9 Å². The predicted octanol–water partition coefficient (Wildman–Crippen LogP) is 5.75. The summed E-state index contributed by atoms with van der Waals surface area (Å²) in [6, 6.07) is 12.0. The van der Waals surface area contributed by atoms with Crippen LogP contribution in [0.25, 0.3) is 0 Å². The largest absolute Gasteiger partial charge is 0.497 e. The third kappa shape index (κ3) is 7.79. The van der Waals surface area contributed by atoms with Crippen LogP contribution >= 0.6 is 0 Å². The summed E-state index contributed by atoms with van der Waals surface area (Å²) in [6.07, 6.45) is -0.545. The Hall–Kier alpha value is -3.02. The molecule has 2 rings (SSSR count). The second-order valence-corrected chi connectivity index (χ2v) is 9.88. The molecule has 0 aliphatic carbocycles. The lowest BCUT2D eigenvalue weighted by molar-refractivity contribution is -0.163. The van der Waals surface area contributed by atoms with E-state index in [9.17, 15) is 9.59 Å². The van der Waals surface area contributed by atoms with Gasteiger partial charge in [0, 0.05) is 5.92 Å². The Morgan fingerprint density at radius 1 is 0.824 bits per heavy atom. The molecule has 2 atom stereocenters. The highest BCUT2D eigenvalue weighted by molar-refractivity contribution is 5.80. The summed E-state index contributed by atoms with van der Waals surface area (Å²) >= 11 is 0. The van der Waals surface area contributed by atoms with Gasteiger partial charge in [-0.25, -0.2) is 0 Å². The van der Waals surface area contributed by atoms with Gasteiger partial charge in [0.2, 0.25) is 0 Å². The quantitative estimate of drug-likeness (QED) is 0.435. The van der Waals surface area contributed by atoms with Gasteiger partial charge in [0.1, 0.15) is 23.2 Å². The summed E-state index contributed by atoms with van der Waals surface area (Å²) in [6.45, 7) is 12.9. The molecular weight excluding hydrogens is 432 g/mol. The van der Waals surface area contributed by atoms with E-state index >= 15 is 0 Å². The van der Waals surface area contributed by atoms with E-state index in [0.29, 0.717) is 0 Å². The smallest absolute Gasteiger partial charge is 0.309 e. The molecule has 2 aromatic carbocycles. The van der Waals surface area contributed by atoms with Gasteiger partial charge < -0.3 is 18.9 Å². The number of hydrogen-bond acceptors (Lipinski definition) is 6. The van der Waals surface area contributed by atoms with Crippen molar-refractivity contribution in [3.8, 4) is 11.5 Å². The molecule has 0 heterocycles. The van der Waals surface area contributed by atoms with E-state index in [-0.39, 0.29) is 12.3 Å². The van der Waals surface area contributed by atoms with Gasteiger partial charge in [-0.05, 0) is 88.1 Å². The first-order valence-corrected chi connectivity index (χ1v) is 11.6. The van der Waals surface area contributed by atoms with Crippen molar-refractivity contribution < 1.29 is 28.5 Å². The van der Waals surface area contributed by atoms with Gasteiger partial charge >= 0.3 is 11.9 Å². The number of ether oxygens (including phenoxy) is 4. The van der Waals surface area contributed by atoms with Gasteiger partial charge in [0.15, 0.2) is 0 Å². The molecule has 0 unspecified atom stereocenters. The van der Waals surface area contributed by atoms with E-state index < -0.39 is 29.6 Å². The fourth-order valence-corrected chi connectivity index (χ4v) is 3.97. The Morgan fingerprint density at radius 2 is 1.29 bits per heavy atom. The minimum absolute atomic E-state index is 0.0377. The van der Waals surface area contributed by atoms with Crippen LogP contribution in [0.15, 0.2) is 36.4 Å². The number of carbonyl (C=O) groups is 2. The molecule has 34 heavy (non-hydrogen) atoms. The van der Waals surface area contributed by atoms with E-state index in [1.54, 1.807) is 41.9 Å². The summed E-state index contributed by atoms with van der Waals surface area (Å²) in [5.74, 6) is -0.291. The minimum Gasteiger partial charge on any atom is -0.497 e. The molecule has 0 radical (unpaired) electrons. The molecule has 0 N–H and O–H groups in total. The van der Waals surface area contributed by atoms with Crippen LogP contribution in [0.3, 0.4) is 0 Å². The van der Waals surface area contributed by atoms with E-state index in [1.807, 2.05) is 45.0 Å². The normalized spacial score (nSPS) is 13.2. The summed E-state index contributed by atoms with van der Waals surface area (Å²) < 4.78 is 22.2. The van der Waals surface area contributed by atoms with Crippen molar-refractivity contribution in [3.05, 3.63) is 58.7 Å². The third-order valence-electron chi connectivity index (χ3n) is 5.40. The van der Waals surface area contributed by atoms with Gasteiger partial charge in [-0.2, -0.15) is 0 Å². The molecule has 6 nitrogen and oxygen atoms in total. The number of aryl methyl sites for hydroxylation is 2. The van der Waals surface area contributed by atoms with Gasteiger partial charge in [0.05, 0.1) is 26.6 Å². The Balaban J connectivity index is 2.36. The number of methoxy groups -OCH3 is 2. The number of hydrogen-bond donors (Lipinski definition) is 0. The third-order valence-corrected chi connectivity index (χ3v) is 5.40. The lowest BCUT2D eigenvalue weighted by Crippen LogP contribution is -2.30. The summed E-state index contributed by atoms with van der Waals surface area (Å²) in [5.41, 5.74) is 3.40. The monoisotopic (exact) mass is 470 g/mol. The fourth-order valence-electron chi connectivity index (χ4n) is 3.97. The molecule has 6 heteroatoms. The van der Waals surface area contributed by atoms with Gasteiger partial charge in [-0.3, -0.25) is 9.59 Å². The van der Waals surface area contributed by atoms with Crippen LogP contribution in [-0.2, 0) is 19.1 Å². The van der Waals surface area contributed by atoms with Crippen LogP contribution in [0.5, 0.6) is 11.5 Å². The molecule has 0 fully saturated rings. The molecular formula is C28H38O6. The highest BCUT2D eigenvalue weighted by Gasteiger charge is 2.29. The molecule has 0 saturated carbocycles. The first kappa shape index (κ1) is 27.2. The van der Waals surface area contributed by atoms with Crippen molar-refractivity contribution in [2.75, 3.05) is 14.2 Å². The highest BCUT2D eigenvalue weighted by atomic mass is 16.6. The maximum absolute atomic E-state index is 12.9. The zero-order valence-electron chi connectivity index (χ0n) is 21.9. The number of esters is 2. The molecule has 0 bridgehead atoms. The summed E-state index contributed by atoms with van der Waals surface area (Å²) in [4.78, 5) is 25.1. The molecule has 0 aromatic heterocycles. The standard InChI is InChI=1S/C28H38O6/c1-17-10-21(15-23(12-17)31-8)26(22-11-18(2)13-24(16-22)32-9)20(4)33-27(30)19(3)14-25(29)34-28(5,6)7/h10-13,15-16,19-20,26H,14H2,1-9H3/t19-,20+/m1/s1. The van der Waals surface area contributed by atoms with Crippen LogP contribution in [-0.4, -0.2) is 37.9 Å². The van der Waals surface area contributed by atoms with Crippen molar-refractivity contribution in [2.24, 2.45) is 5.92 Å². The van der Waals surface area contributed by atoms with Crippen molar-refractivity contribution in [1.82, 2.24) is 0 Å². The molecule has 2 aromatic rings. The van der Waals surface area contributed by atoms with Crippen molar-refractivity contribution in [1.29, 1.82) is 0 Å². The predicted molar refractivity (Wildman–Crippen MR) is 132 cm³/mol. The average Bonchev–Trinajstić information content (AvgIpc) is 2.71. The fraction of sp³-hybridized carbons (Fsp3) is 0.500. The molecule has 0 aliphatic heterocycles. The van der Waals surface area contributed by atoms with E-state index in [0.717, 1.165) is 33.8 Å². The molecule has 0 amide bonds. The van der Waals surface area contributed by atoms with Crippen molar-refractivity contribution in [3.63, 3.8) is 0 Å². The first-order valence-electron chi connectivity index (χ1n) is 11.6. The Morgan fingerprint density at radius 3 is 1.71 bits per heavy atom. The Labute approximate surface area is 203 Å². The zero-order chi connectivity index (χ0) is 25.6. The van der Waals surface area contributed by atoms with E-state index in [4.69, 9.17) is 18.9 Å². The Bertz CT molecular complexity index is 951. The second-order valence-electron chi connectivity index (χ2n) is 9.88. The summed E-state index contributed by atoms with van der Waals surface area (Å²) in [5, 5.41) is 0. The number of carbonyl (C=O) groups excluding carboxylic acids is 2. The SMILES string of the molecule is COc1cc(C)cc(C(c2cc(C)cc(OC)c2)[C@H](C)OC(=O)[C@H](C)CC(=O)OC(C)(C)C)c1. The molecule has 0 aliphatic rings. The van der Waals surface area contributed by atoms with E-state index in [2.05, 4.69) is 12.1 Å². The minimum atomic E-state index is -0.628. The molecule has 186 valence electrons. The van der Waals surface area contributed by atoms with Crippen LogP contribution in [0.1, 0.15) is 69.2 Å². The highest BCUT2D eigenvalue weighted by Crippen LogP contribution is 2.35. The summed E-state index contributed by atoms with van der Waals surface area (Å²) in [7, 11) is 3.26. The average molecular weight is 471 g/mol. The van der Waals surface area contributed by atoms with Crippen molar-refractivity contribution in [2.45, 2.75) is 72.5 Å². The van der Waals surface area contributed by atoms with Crippen LogP contribution < -0.4 is 9.47 Å². The van der Waals surface area contributed by atoms with Crippen LogP contribution in [0.4, 0.5) is 0 Å². The number of rotatable bonds is 9. The topological polar surface area (TPSA) is 71.1 Å². The first-order chi connectivity index (χ1) is 15.8. The molecule has 0 spiro atoms. The lowest BCUT2D eigenvalue weighted by Gasteiger charge is -2.27. The van der Waals surface area contributed by atoms with Gasteiger partial charge in [-0.15, -0.1) is 0 Å². The second kappa shape index (κ2) is 11.4. The van der Waals surface area contributed by atoms with Crippen LogP contribution in [0.2, 0.25) is 0 Å². The molecule has 0 saturated heterocycles. The lowest BCUT2D eigenvalue weighted by atomic mass is 9.85. The number of benzene rings is 2. The zero-order valence-corrected chi connectivity index (χ0v) is 21.9. The van der Waals surface area contributed by atoms with E-state index in [1.165, 1.54) is 0 Å². The van der Waals surface area contributed by atoms with Gasteiger partial charge in [0.25, 0.3) is 0 Å². The maximum atomic E-state index is 12.9. The van der Waals surface area contributed by atoms with Crippen LogP contribution in [0, 0.1) is 19.8 Å².